The molecule has 0 aliphatic carbocycles. The SMILES string of the molecule is CC(C)C1CCN(CC2(CO)COC2)CC1. The van der Waals surface area contributed by atoms with Crippen LogP contribution in [0.4, 0.5) is 0 Å². The summed E-state index contributed by atoms with van der Waals surface area (Å²) in [5.74, 6) is 1.72. The van der Waals surface area contributed by atoms with Gasteiger partial charge in [-0.15, -0.1) is 0 Å². The van der Waals surface area contributed by atoms with Crippen LogP contribution in [-0.4, -0.2) is 49.5 Å². The van der Waals surface area contributed by atoms with Crippen molar-refractivity contribution in [2.45, 2.75) is 26.7 Å². The number of hydrogen-bond acceptors (Lipinski definition) is 3. The van der Waals surface area contributed by atoms with E-state index in [1.165, 1.54) is 25.9 Å². The normalized spacial score (nSPS) is 27.0. The summed E-state index contributed by atoms with van der Waals surface area (Å²) >= 11 is 0. The fourth-order valence-corrected chi connectivity index (χ4v) is 2.88. The second-order valence-electron chi connectivity index (χ2n) is 6.01. The zero-order valence-electron chi connectivity index (χ0n) is 10.6. The Morgan fingerprint density at radius 3 is 2.31 bits per heavy atom. The molecule has 0 aromatic carbocycles. The quantitative estimate of drug-likeness (QED) is 0.787. The second-order valence-corrected chi connectivity index (χ2v) is 6.01. The van der Waals surface area contributed by atoms with Crippen LogP contribution in [0.15, 0.2) is 0 Å². The highest BCUT2D eigenvalue weighted by atomic mass is 16.5. The molecule has 0 aromatic heterocycles. The van der Waals surface area contributed by atoms with Crippen LogP contribution in [0.1, 0.15) is 26.7 Å². The summed E-state index contributed by atoms with van der Waals surface area (Å²) in [6.45, 7) is 9.84. The Morgan fingerprint density at radius 1 is 1.31 bits per heavy atom. The lowest BCUT2D eigenvalue weighted by atomic mass is 9.83. The van der Waals surface area contributed by atoms with Crippen LogP contribution in [0.2, 0.25) is 0 Å². The van der Waals surface area contributed by atoms with Gasteiger partial charge in [-0.3, -0.25) is 0 Å². The lowest BCUT2D eigenvalue weighted by molar-refractivity contribution is -0.150. The summed E-state index contributed by atoms with van der Waals surface area (Å²) in [4.78, 5) is 2.51. The van der Waals surface area contributed by atoms with E-state index < -0.39 is 0 Å². The van der Waals surface area contributed by atoms with Crippen LogP contribution in [-0.2, 0) is 4.74 Å². The Hall–Kier alpha value is -0.120. The van der Waals surface area contributed by atoms with Crippen LogP contribution >= 0.6 is 0 Å². The Labute approximate surface area is 98.8 Å². The van der Waals surface area contributed by atoms with E-state index in [-0.39, 0.29) is 12.0 Å². The van der Waals surface area contributed by atoms with E-state index in [4.69, 9.17) is 4.74 Å². The molecule has 2 fully saturated rings. The number of hydrogen-bond donors (Lipinski definition) is 1. The molecule has 0 atom stereocenters. The van der Waals surface area contributed by atoms with Crippen molar-refractivity contribution < 1.29 is 9.84 Å². The fraction of sp³-hybridized carbons (Fsp3) is 1.00. The first-order chi connectivity index (χ1) is 7.65. The van der Waals surface area contributed by atoms with Gasteiger partial charge in [-0.1, -0.05) is 13.8 Å². The van der Waals surface area contributed by atoms with Gasteiger partial charge in [0.15, 0.2) is 0 Å². The minimum Gasteiger partial charge on any atom is -0.396 e. The first-order valence-electron chi connectivity index (χ1n) is 6.56. The fourth-order valence-electron chi connectivity index (χ4n) is 2.88. The molecule has 0 spiro atoms. The monoisotopic (exact) mass is 227 g/mol. The minimum atomic E-state index is 0.0602. The van der Waals surface area contributed by atoms with Gasteiger partial charge in [0.1, 0.15) is 0 Å². The van der Waals surface area contributed by atoms with E-state index in [0.29, 0.717) is 0 Å². The predicted molar refractivity (Wildman–Crippen MR) is 64.3 cm³/mol. The summed E-state index contributed by atoms with van der Waals surface area (Å²) in [6, 6.07) is 0. The molecule has 2 aliphatic rings. The van der Waals surface area contributed by atoms with E-state index in [9.17, 15) is 5.11 Å². The van der Waals surface area contributed by atoms with Crippen molar-refractivity contribution in [2.75, 3.05) is 39.5 Å². The molecule has 2 aliphatic heterocycles. The Bertz CT molecular complexity index is 212. The zero-order valence-corrected chi connectivity index (χ0v) is 10.6. The van der Waals surface area contributed by atoms with Crippen molar-refractivity contribution in [2.24, 2.45) is 17.3 Å². The standard InChI is InChI=1S/C13H25NO2/c1-11(2)12-3-5-14(6-4-12)7-13(8-15)9-16-10-13/h11-12,15H,3-10H2,1-2H3. The van der Waals surface area contributed by atoms with Crippen molar-refractivity contribution in [1.29, 1.82) is 0 Å². The number of rotatable bonds is 4. The molecular formula is C13H25NO2. The predicted octanol–water partition coefficient (Wildman–Crippen LogP) is 1.36. The van der Waals surface area contributed by atoms with Gasteiger partial charge >= 0.3 is 0 Å². The number of nitrogens with zero attached hydrogens (tertiary/aromatic N) is 1. The molecule has 0 saturated carbocycles. The molecule has 94 valence electrons. The van der Waals surface area contributed by atoms with Gasteiger partial charge in [0, 0.05) is 6.54 Å². The summed E-state index contributed by atoms with van der Waals surface area (Å²) in [7, 11) is 0. The highest BCUT2D eigenvalue weighted by Gasteiger charge is 2.40. The lowest BCUT2D eigenvalue weighted by Gasteiger charge is -2.45. The Morgan fingerprint density at radius 2 is 1.94 bits per heavy atom. The number of ether oxygens (including phenoxy) is 1. The molecule has 0 bridgehead atoms. The van der Waals surface area contributed by atoms with Gasteiger partial charge in [0.25, 0.3) is 0 Å². The third-order valence-electron chi connectivity index (χ3n) is 4.29. The first kappa shape index (κ1) is 12.3. The molecule has 0 amide bonds. The molecule has 0 aromatic rings. The smallest absolute Gasteiger partial charge is 0.0579 e. The summed E-state index contributed by atoms with van der Waals surface area (Å²) in [5.41, 5.74) is 0.0602. The number of aliphatic hydroxyl groups excluding tert-OH is 1. The van der Waals surface area contributed by atoms with Crippen LogP contribution in [0.3, 0.4) is 0 Å². The number of piperidine rings is 1. The first-order valence-corrected chi connectivity index (χ1v) is 6.56. The van der Waals surface area contributed by atoms with Crippen molar-refractivity contribution in [3.63, 3.8) is 0 Å². The van der Waals surface area contributed by atoms with Crippen molar-refractivity contribution in [1.82, 2.24) is 4.90 Å². The molecule has 0 radical (unpaired) electrons. The van der Waals surface area contributed by atoms with Gasteiger partial charge in [0.05, 0.1) is 25.2 Å². The molecule has 2 heterocycles. The molecule has 2 saturated heterocycles. The van der Waals surface area contributed by atoms with E-state index in [2.05, 4.69) is 18.7 Å². The van der Waals surface area contributed by atoms with Gasteiger partial charge in [-0.2, -0.15) is 0 Å². The van der Waals surface area contributed by atoms with Crippen LogP contribution in [0, 0.1) is 17.3 Å². The largest absolute Gasteiger partial charge is 0.396 e. The average Bonchev–Trinajstić information content (AvgIpc) is 2.24. The Balaban J connectivity index is 1.76. The number of likely N-dealkylation sites (tertiary alicyclic amines) is 1. The Kier molecular flexibility index (Phi) is 3.88. The van der Waals surface area contributed by atoms with E-state index in [1.807, 2.05) is 0 Å². The topological polar surface area (TPSA) is 32.7 Å². The van der Waals surface area contributed by atoms with Crippen molar-refractivity contribution in [3.8, 4) is 0 Å². The highest BCUT2D eigenvalue weighted by molar-refractivity contribution is 4.89. The van der Waals surface area contributed by atoms with Crippen molar-refractivity contribution in [3.05, 3.63) is 0 Å². The number of aliphatic hydroxyl groups is 1. The van der Waals surface area contributed by atoms with Crippen molar-refractivity contribution >= 4 is 0 Å². The summed E-state index contributed by atoms with van der Waals surface area (Å²) in [6.07, 6.45) is 2.64. The molecule has 1 N–H and O–H groups in total. The molecule has 2 rings (SSSR count). The lowest BCUT2D eigenvalue weighted by Crippen LogP contribution is -2.54. The summed E-state index contributed by atoms with van der Waals surface area (Å²) < 4.78 is 5.24. The van der Waals surface area contributed by atoms with Gasteiger partial charge in [-0.25, -0.2) is 0 Å². The van der Waals surface area contributed by atoms with E-state index in [0.717, 1.165) is 31.6 Å². The molecule has 0 unspecified atom stereocenters. The minimum absolute atomic E-state index is 0.0602. The van der Waals surface area contributed by atoms with Gasteiger partial charge in [-0.05, 0) is 37.8 Å². The molecule has 16 heavy (non-hydrogen) atoms. The van der Waals surface area contributed by atoms with E-state index in [1.54, 1.807) is 0 Å². The van der Waals surface area contributed by atoms with Crippen LogP contribution in [0.5, 0.6) is 0 Å². The third kappa shape index (κ3) is 2.58. The highest BCUT2D eigenvalue weighted by Crippen LogP contribution is 2.31. The maximum absolute atomic E-state index is 9.40. The third-order valence-corrected chi connectivity index (χ3v) is 4.29. The van der Waals surface area contributed by atoms with Crippen LogP contribution < -0.4 is 0 Å². The molecular weight excluding hydrogens is 202 g/mol. The molecule has 3 heteroatoms. The summed E-state index contributed by atoms with van der Waals surface area (Å²) in [5, 5.41) is 9.40. The van der Waals surface area contributed by atoms with Crippen LogP contribution in [0.25, 0.3) is 0 Å². The molecule has 3 nitrogen and oxygen atoms in total. The second kappa shape index (κ2) is 5.03. The maximum Gasteiger partial charge on any atom is 0.0579 e. The zero-order chi connectivity index (χ0) is 11.6. The van der Waals surface area contributed by atoms with E-state index >= 15 is 0 Å². The average molecular weight is 227 g/mol. The maximum atomic E-state index is 9.40. The van der Waals surface area contributed by atoms with Gasteiger partial charge < -0.3 is 14.7 Å². The van der Waals surface area contributed by atoms with Gasteiger partial charge in [0.2, 0.25) is 0 Å².